The maximum atomic E-state index is 11.0. The molecule has 0 rings (SSSR count). The molecule has 14 heavy (non-hydrogen) atoms. The Labute approximate surface area is 84.3 Å². The monoisotopic (exact) mass is 205 g/mol. The van der Waals surface area contributed by atoms with Crippen molar-refractivity contribution in [2.24, 2.45) is 0 Å². The van der Waals surface area contributed by atoms with E-state index < -0.39 is 17.3 Å². The second kappa shape index (κ2) is 4.61. The van der Waals surface area contributed by atoms with Crippen LogP contribution in [0.5, 0.6) is 0 Å². The predicted octanol–water partition coefficient (Wildman–Crippen LogP) is 1.21. The molecule has 0 aliphatic heterocycles. The minimum absolute atomic E-state index is 0.00619. The number of carbonyl (C=O) groups excluding carboxylic acids is 1. The third-order valence-corrected chi connectivity index (χ3v) is 0.980. The van der Waals surface area contributed by atoms with Crippen molar-refractivity contribution in [3.8, 4) is 0 Å². The van der Waals surface area contributed by atoms with Gasteiger partial charge in [-0.2, -0.15) is 5.48 Å². The van der Waals surface area contributed by atoms with Crippen LogP contribution >= 0.6 is 0 Å². The van der Waals surface area contributed by atoms with Crippen molar-refractivity contribution in [3.63, 3.8) is 0 Å². The van der Waals surface area contributed by atoms with Gasteiger partial charge in [-0.3, -0.25) is 4.84 Å². The summed E-state index contributed by atoms with van der Waals surface area (Å²) in [6, 6.07) is 0. The Morgan fingerprint density at radius 2 is 1.79 bits per heavy atom. The Bertz CT molecular complexity index is 190. The lowest BCUT2D eigenvalue weighted by molar-refractivity contribution is -0.0656. The zero-order valence-corrected chi connectivity index (χ0v) is 9.38. The maximum Gasteiger partial charge on any atom is 0.431 e. The van der Waals surface area contributed by atoms with E-state index >= 15 is 0 Å². The number of hydrogen-bond acceptors (Lipinski definition) is 4. The number of aliphatic hydroxyl groups is 1. The first-order valence-electron chi connectivity index (χ1n) is 4.43. The third kappa shape index (κ3) is 9.28. The molecule has 1 amide bonds. The van der Waals surface area contributed by atoms with Gasteiger partial charge in [0.25, 0.3) is 0 Å². The molecule has 0 aromatic heterocycles. The molecule has 0 saturated heterocycles. The third-order valence-electron chi connectivity index (χ3n) is 0.980. The summed E-state index contributed by atoms with van der Waals surface area (Å²) in [5, 5.41) is 9.25. The van der Waals surface area contributed by atoms with Crippen LogP contribution in [-0.2, 0) is 9.57 Å². The molecule has 2 N–H and O–H groups in total. The highest BCUT2D eigenvalue weighted by molar-refractivity contribution is 5.66. The van der Waals surface area contributed by atoms with Crippen molar-refractivity contribution in [2.75, 3.05) is 6.61 Å². The highest BCUT2D eigenvalue weighted by Gasteiger charge is 2.18. The summed E-state index contributed by atoms with van der Waals surface area (Å²) < 4.78 is 4.90. The number of hydroxylamine groups is 1. The van der Waals surface area contributed by atoms with E-state index in [1.54, 1.807) is 34.6 Å². The molecule has 0 atom stereocenters. The van der Waals surface area contributed by atoms with Gasteiger partial charge in [0.2, 0.25) is 0 Å². The Morgan fingerprint density at radius 1 is 1.29 bits per heavy atom. The van der Waals surface area contributed by atoms with E-state index in [4.69, 9.17) is 9.57 Å². The lowest BCUT2D eigenvalue weighted by Gasteiger charge is -2.21. The standard InChI is InChI=1S/C9H19NO4/c1-8(2,3)14-7(11)10-13-6-9(4,5)12/h12H,6H2,1-5H3,(H,10,11). The molecule has 0 unspecified atom stereocenters. The van der Waals surface area contributed by atoms with Crippen LogP contribution in [0.2, 0.25) is 0 Å². The van der Waals surface area contributed by atoms with Crippen LogP contribution in [0.3, 0.4) is 0 Å². The van der Waals surface area contributed by atoms with Gasteiger partial charge in [-0.15, -0.1) is 0 Å². The Morgan fingerprint density at radius 3 is 2.14 bits per heavy atom. The molecule has 0 aromatic rings. The Balaban J connectivity index is 3.66. The van der Waals surface area contributed by atoms with E-state index in [0.717, 1.165) is 0 Å². The van der Waals surface area contributed by atoms with Crippen LogP contribution < -0.4 is 5.48 Å². The van der Waals surface area contributed by atoms with Gasteiger partial charge in [-0.05, 0) is 34.6 Å². The van der Waals surface area contributed by atoms with E-state index in [9.17, 15) is 9.90 Å². The minimum Gasteiger partial charge on any atom is -0.442 e. The van der Waals surface area contributed by atoms with E-state index in [1.807, 2.05) is 0 Å². The van der Waals surface area contributed by atoms with Gasteiger partial charge in [0, 0.05) is 0 Å². The molecule has 5 nitrogen and oxygen atoms in total. The van der Waals surface area contributed by atoms with Crippen molar-refractivity contribution in [3.05, 3.63) is 0 Å². The van der Waals surface area contributed by atoms with E-state index in [-0.39, 0.29) is 6.61 Å². The average molecular weight is 205 g/mol. The summed E-state index contributed by atoms with van der Waals surface area (Å²) in [5.74, 6) is 0. The fourth-order valence-corrected chi connectivity index (χ4v) is 0.571. The molecule has 0 saturated carbocycles. The quantitative estimate of drug-likeness (QED) is 0.680. The van der Waals surface area contributed by atoms with Crippen LogP contribution in [0, 0.1) is 0 Å². The second-order valence-corrected chi connectivity index (χ2v) is 4.71. The minimum atomic E-state index is -0.977. The van der Waals surface area contributed by atoms with Gasteiger partial charge < -0.3 is 9.84 Å². The molecule has 84 valence electrons. The van der Waals surface area contributed by atoms with Crippen LogP contribution in [0.15, 0.2) is 0 Å². The number of nitrogens with one attached hydrogen (secondary N) is 1. The molecule has 0 bridgehead atoms. The largest absolute Gasteiger partial charge is 0.442 e. The van der Waals surface area contributed by atoms with E-state index in [0.29, 0.717) is 0 Å². The fourth-order valence-electron chi connectivity index (χ4n) is 0.571. The van der Waals surface area contributed by atoms with Gasteiger partial charge in [-0.1, -0.05) is 0 Å². The number of rotatable bonds is 3. The highest BCUT2D eigenvalue weighted by Crippen LogP contribution is 2.06. The molecule has 5 heteroatoms. The lowest BCUT2D eigenvalue weighted by atomic mass is 10.2. The van der Waals surface area contributed by atoms with E-state index in [2.05, 4.69) is 5.48 Å². The van der Waals surface area contributed by atoms with Crippen molar-refractivity contribution in [1.29, 1.82) is 0 Å². The van der Waals surface area contributed by atoms with Gasteiger partial charge >= 0.3 is 6.09 Å². The first-order chi connectivity index (χ1) is 6.10. The molecular weight excluding hydrogens is 186 g/mol. The summed E-state index contributed by atoms with van der Waals surface area (Å²) >= 11 is 0. The number of hydrogen-bond donors (Lipinski definition) is 2. The molecular formula is C9H19NO4. The van der Waals surface area contributed by atoms with Crippen LogP contribution in [-0.4, -0.2) is 29.0 Å². The molecule has 0 aliphatic carbocycles. The van der Waals surface area contributed by atoms with Gasteiger partial charge in [0.15, 0.2) is 0 Å². The van der Waals surface area contributed by atoms with Gasteiger partial charge in [0.05, 0.1) is 5.60 Å². The molecule has 0 fully saturated rings. The van der Waals surface area contributed by atoms with Gasteiger partial charge in [-0.25, -0.2) is 4.79 Å². The zero-order chi connectivity index (χ0) is 11.4. The summed E-state index contributed by atoms with van der Waals surface area (Å²) in [5.41, 5.74) is 0.544. The summed E-state index contributed by atoms with van der Waals surface area (Å²) in [4.78, 5) is 15.7. The predicted molar refractivity (Wildman–Crippen MR) is 51.6 cm³/mol. The Kier molecular flexibility index (Phi) is 4.35. The summed E-state index contributed by atoms with van der Waals surface area (Å²) in [7, 11) is 0. The number of ether oxygens (including phenoxy) is 1. The molecule has 0 heterocycles. The first-order valence-corrected chi connectivity index (χ1v) is 4.43. The lowest BCUT2D eigenvalue weighted by Crippen LogP contribution is -2.36. The normalized spacial score (nSPS) is 12.4. The smallest absolute Gasteiger partial charge is 0.431 e. The molecule has 0 radical (unpaired) electrons. The zero-order valence-electron chi connectivity index (χ0n) is 9.38. The highest BCUT2D eigenvalue weighted by atomic mass is 16.7. The molecule has 0 aliphatic rings. The van der Waals surface area contributed by atoms with Gasteiger partial charge in [0.1, 0.15) is 12.2 Å². The van der Waals surface area contributed by atoms with Crippen LogP contribution in [0.25, 0.3) is 0 Å². The van der Waals surface area contributed by atoms with E-state index in [1.165, 1.54) is 0 Å². The number of carbonyl (C=O) groups is 1. The SMILES string of the molecule is CC(C)(O)CONC(=O)OC(C)(C)C. The summed E-state index contributed by atoms with van der Waals surface area (Å²) in [6.45, 7) is 8.41. The van der Waals surface area contributed by atoms with Crippen molar-refractivity contribution in [2.45, 2.75) is 45.8 Å². The van der Waals surface area contributed by atoms with Crippen LogP contribution in [0.1, 0.15) is 34.6 Å². The Hall–Kier alpha value is -0.810. The second-order valence-electron chi connectivity index (χ2n) is 4.71. The average Bonchev–Trinajstić information content (AvgIpc) is 1.78. The fraction of sp³-hybridized carbons (Fsp3) is 0.889. The molecule has 0 aromatic carbocycles. The topological polar surface area (TPSA) is 67.8 Å². The van der Waals surface area contributed by atoms with Crippen molar-refractivity contribution in [1.82, 2.24) is 5.48 Å². The van der Waals surface area contributed by atoms with Crippen LogP contribution in [0.4, 0.5) is 4.79 Å². The van der Waals surface area contributed by atoms with Crippen molar-refractivity contribution < 1.29 is 19.5 Å². The first kappa shape index (κ1) is 13.2. The van der Waals surface area contributed by atoms with Crippen molar-refractivity contribution >= 4 is 6.09 Å². The summed E-state index contributed by atoms with van der Waals surface area (Å²) in [6.07, 6.45) is -0.665. The maximum absolute atomic E-state index is 11.0. The number of amides is 1. The molecule has 0 spiro atoms.